The molecule has 0 spiro atoms. The summed E-state index contributed by atoms with van der Waals surface area (Å²) in [7, 11) is 0. The first-order valence-corrected chi connectivity index (χ1v) is 16.2. The van der Waals surface area contributed by atoms with Crippen LogP contribution in [0.3, 0.4) is 0 Å². The van der Waals surface area contributed by atoms with Crippen LogP contribution in [-0.4, -0.2) is 23.7 Å². The van der Waals surface area contributed by atoms with Gasteiger partial charge < -0.3 is 10.4 Å². The van der Waals surface area contributed by atoms with Crippen LogP contribution >= 0.6 is 0 Å². The third-order valence-corrected chi connectivity index (χ3v) is 7.46. The molecule has 3 nitrogen and oxygen atoms in total. The highest BCUT2D eigenvalue weighted by Crippen LogP contribution is 2.14. The zero-order chi connectivity index (χ0) is 25.7. The first-order chi connectivity index (χ1) is 17.2. The van der Waals surface area contributed by atoms with Gasteiger partial charge in [-0.3, -0.25) is 4.79 Å². The lowest BCUT2D eigenvalue weighted by Crippen LogP contribution is -2.35. The summed E-state index contributed by atoms with van der Waals surface area (Å²) in [6.45, 7) is 5.27. The Bertz CT molecular complexity index is 412. The van der Waals surface area contributed by atoms with E-state index in [0.29, 0.717) is 13.0 Å². The molecule has 0 saturated heterocycles. The highest BCUT2D eigenvalue weighted by atomic mass is 16.3. The Morgan fingerprint density at radius 2 is 0.771 bits per heavy atom. The molecular weight excluding hydrogens is 430 g/mol. The van der Waals surface area contributed by atoms with Crippen LogP contribution in [0.4, 0.5) is 0 Å². The van der Waals surface area contributed by atoms with Crippen LogP contribution in [0, 0.1) is 0 Å². The van der Waals surface area contributed by atoms with E-state index in [1.807, 2.05) is 0 Å². The highest BCUT2D eigenvalue weighted by molar-refractivity contribution is 5.80. The SMILES string of the molecule is CCCCCCCCCCCCCCCCNC(=O)C(O)CCCCCCCCCCCCCC. The van der Waals surface area contributed by atoms with Gasteiger partial charge in [0, 0.05) is 6.54 Å². The van der Waals surface area contributed by atoms with Crippen LogP contribution in [0.25, 0.3) is 0 Å². The summed E-state index contributed by atoms with van der Waals surface area (Å²) < 4.78 is 0. The van der Waals surface area contributed by atoms with E-state index in [0.717, 1.165) is 19.3 Å². The van der Waals surface area contributed by atoms with E-state index < -0.39 is 6.10 Å². The van der Waals surface area contributed by atoms with Gasteiger partial charge >= 0.3 is 0 Å². The minimum absolute atomic E-state index is 0.164. The maximum absolute atomic E-state index is 12.0. The summed E-state index contributed by atoms with van der Waals surface area (Å²) in [6, 6.07) is 0. The highest BCUT2D eigenvalue weighted by Gasteiger charge is 2.13. The minimum atomic E-state index is -0.815. The monoisotopic (exact) mass is 496 g/mol. The second-order valence-electron chi connectivity index (χ2n) is 11.1. The number of hydrogen-bond acceptors (Lipinski definition) is 2. The van der Waals surface area contributed by atoms with Crippen LogP contribution in [0.15, 0.2) is 0 Å². The number of unbranched alkanes of at least 4 members (excludes halogenated alkanes) is 24. The molecule has 0 heterocycles. The molecule has 0 aliphatic heterocycles. The predicted molar refractivity (Wildman–Crippen MR) is 155 cm³/mol. The van der Waals surface area contributed by atoms with E-state index in [-0.39, 0.29) is 5.91 Å². The zero-order valence-electron chi connectivity index (χ0n) is 24.2. The normalized spacial score (nSPS) is 12.2. The number of aliphatic hydroxyl groups is 1. The fourth-order valence-corrected chi connectivity index (χ4v) is 4.96. The van der Waals surface area contributed by atoms with Gasteiger partial charge in [-0.05, 0) is 12.8 Å². The quantitative estimate of drug-likeness (QED) is 0.101. The summed E-state index contributed by atoms with van der Waals surface area (Å²) in [5.41, 5.74) is 0. The first-order valence-electron chi connectivity index (χ1n) is 16.2. The molecule has 3 heteroatoms. The molecule has 0 radical (unpaired) electrons. The van der Waals surface area contributed by atoms with Gasteiger partial charge in [-0.1, -0.05) is 174 Å². The molecule has 2 N–H and O–H groups in total. The molecule has 0 fully saturated rings. The van der Waals surface area contributed by atoms with E-state index in [1.54, 1.807) is 0 Å². The van der Waals surface area contributed by atoms with Crippen molar-refractivity contribution >= 4 is 5.91 Å². The van der Waals surface area contributed by atoms with Crippen LogP contribution in [0.2, 0.25) is 0 Å². The summed E-state index contributed by atoms with van der Waals surface area (Å²) in [5, 5.41) is 13.0. The molecule has 1 atom stereocenters. The Labute approximate surface area is 221 Å². The Kier molecular flexibility index (Phi) is 29.2. The van der Waals surface area contributed by atoms with Gasteiger partial charge in [0.15, 0.2) is 0 Å². The Hall–Kier alpha value is -0.570. The molecule has 0 bridgehead atoms. The molecule has 0 rings (SSSR count). The van der Waals surface area contributed by atoms with Crippen molar-refractivity contribution in [3.05, 3.63) is 0 Å². The smallest absolute Gasteiger partial charge is 0.248 e. The average Bonchev–Trinajstić information content (AvgIpc) is 2.86. The molecule has 0 aromatic carbocycles. The van der Waals surface area contributed by atoms with E-state index >= 15 is 0 Å². The number of carbonyl (C=O) groups is 1. The van der Waals surface area contributed by atoms with Crippen LogP contribution in [0.5, 0.6) is 0 Å². The molecular formula is C32H65NO2. The molecule has 0 aromatic heterocycles. The van der Waals surface area contributed by atoms with Crippen molar-refractivity contribution in [1.29, 1.82) is 0 Å². The van der Waals surface area contributed by atoms with Crippen LogP contribution in [0.1, 0.15) is 187 Å². The zero-order valence-corrected chi connectivity index (χ0v) is 24.2. The number of rotatable bonds is 29. The lowest BCUT2D eigenvalue weighted by molar-refractivity contribution is -0.129. The first kappa shape index (κ1) is 34.4. The van der Waals surface area contributed by atoms with Crippen molar-refractivity contribution in [2.75, 3.05) is 6.54 Å². The number of nitrogens with one attached hydrogen (secondary N) is 1. The van der Waals surface area contributed by atoms with Crippen molar-refractivity contribution in [2.45, 2.75) is 193 Å². The molecule has 0 saturated carbocycles. The van der Waals surface area contributed by atoms with E-state index in [2.05, 4.69) is 19.2 Å². The summed E-state index contributed by atoms with van der Waals surface area (Å²) >= 11 is 0. The lowest BCUT2D eigenvalue weighted by Gasteiger charge is -2.11. The van der Waals surface area contributed by atoms with Gasteiger partial charge in [0.25, 0.3) is 0 Å². The molecule has 1 amide bonds. The van der Waals surface area contributed by atoms with Gasteiger partial charge in [0.05, 0.1) is 0 Å². The van der Waals surface area contributed by atoms with Gasteiger partial charge in [0.1, 0.15) is 6.10 Å². The van der Waals surface area contributed by atoms with Gasteiger partial charge in [-0.25, -0.2) is 0 Å². The Morgan fingerprint density at radius 1 is 0.486 bits per heavy atom. The van der Waals surface area contributed by atoms with Gasteiger partial charge in [0.2, 0.25) is 5.91 Å². The van der Waals surface area contributed by atoms with Crippen molar-refractivity contribution < 1.29 is 9.90 Å². The van der Waals surface area contributed by atoms with Crippen molar-refractivity contribution in [3.63, 3.8) is 0 Å². The lowest BCUT2D eigenvalue weighted by atomic mass is 10.0. The van der Waals surface area contributed by atoms with Crippen LogP contribution in [-0.2, 0) is 4.79 Å². The summed E-state index contributed by atoms with van der Waals surface area (Å²) in [5.74, 6) is -0.164. The molecule has 0 aliphatic rings. The molecule has 210 valence electrons. The number of amides is 1. The standard InChI is InChI=1S/C32H65NO2/c1-3-5-7-9-11-13-15-17-18-20-22-24-26-28-30-33-32(35)31(34)29-27-25-23-21-19-16-14-12-10-8-6-4-2/h31,34H,3-30H2,1-2H3,(H,33,35). The Morgan fingerprint density at radius 3 is 1.11 bits per heavy atom. The second-order valence-corrected chi connectivity index (χ2v) is 11.1. The van der Waals surface area contributed by atoms with Crippen LogP contribution < -0.4 is 5.32 Å². The fourth-order valence-electron chi connectivity index (χ4n) is 4.96. The van der Waals surface area contributed by atoms with Crippen molar-refractivity contribution in [2.24, 2.45) is 0 Å². The topological polar surface area (TPSA) is 49.3 Å². The van der Waals surface area contributed by atoms with Crippen molar-refractivity contribution in [1.82, 2.24) is 5.32 Å². The number of carbonyl (C=O) groups excluding carboxylic acids is 1. The molecule has 0 aliphatic carbocycles. The predicted octanol–water partition coefficient (Wildman–Crippen LogP) is 10.0. The maximum atomic E-state index is 12.0. The second kappa shape index (κ2) is 29.7. The maximum Gasteiger partial charge on any atom is 0.248 e. The summed E-state index contributed by atoms with van der Waals surface area (Å²) in [6.07, 6.45) is 34.3. The van der Waals surface area contributed by atoms with Gasteiger partial charge in [-0.2, -0.15) is 0 Å². The fraction of sp³-hybridized carbons (Fsp3) is 0.969. The van der Waals surface area contributed by atoms with E-state index in [4.69, 9.17) is 0 Å². The number of hydrogen-bond donors (Lipinski definition) is 2. The molecule has 1 unspecified atom stereocenters. The molecule has 0 aromatic rings. The largest absolute Gasteiger partial charge is 0.383 e. The molecule has 35 heavy (non-hydrogen) atoms. The third kappa shape index (κ3) is 27.9. The summed E-state index contributed by atoms with van der Waals surface area (Å²) in [4.78, 5) is 12.0. The Balaban J connectivity index is 3.28. The van der Waals surface area contributed by atoms with Gasteiger partial charge in [-0.15, -0.1) is 0 Å². The van der Waals surface area contributed by atoms with E-state index in [9.17, 15) is 9.90 Å². The average molecular weight is 496 g/mol. The minimum Gasteiger partial charge on any atom is -0.383 e. The van der Waals surface area contributed by atoms with Crippen molar-refractivity contribution in [3.8, 4) is 0 Å². The van der Waals surface area contributed by atoms with E-state index in [1.165, 1.54) is 148 Å². The number of aliphatic hydroxyl groups excluding tert-OH is 1. The third-order valence-electron chi connectivity index (χ3n) is 7.46.